The van der Waals surface area contributed by atoms with Gasteiger partial charge in [-0.15, -0.1) is 11.3 Å². The third kappa shape index (κ3) is 2.60. The molecule has 18 heavy (non-hydrogen) atoms. The monoisotopic (exact) mass is 325 g/mol. The van der Waals surface area contributed by atoms with E-state index in [1.54, 1.807) is 18.4 Å². The maximum Gasteiger partial charge on any atom is 0.124 e. The Morgan fingerprint density at radius 1 is 1.28 bits per heavy atom. The van der Waals surface area contributed by atoms with Gasteiger partial charge in [0.25, 0.3) is 0 Å². The van der Waals surface area contributed by atoms with Crippen LogP contribution < -0.4 is 10.5 Å². The molecule has 0 aliphatic carbocycles. The maximum atomic E-state index is 6.37. The van der Waals surface area contributed by atoms with E-state index in [9.17, 15) is 0 Å². The van der Waals surface area contributed by atoms with Crippen molar-refractivity contribution in [1.82, 2.24) is 0 Å². The number of thiophene rings is 1. The van der Waals surface area contributed by atoms with Crippen LogP contribution in [0.4, 0.5) is 0 Å². The Labute approximate surface area is 120 Å². The number of ether oxygens (including phenoxy) is 1. The minimum atomic E-state index is -0.142. The predicted molar refractivity (Wildman–Crippen MR) is 80.5 cm³/mol. The highest BCUT2D eigenvalue weighted by Gasteiger charge is 2.18. The zero-order valence-corrected chi connectivity index (χ0v) is 13.1. The van der Waals surface area contributed by atoms with E-state index in [2.05, 4.69) is 41.9 Å². The number of hydrogen-bond acceptors (Lipinski definition) is 3. The number of rotatable bonds is 3. The molecule has 2 aromatic rings. The van der Waals surface area contributed by atoms with E-state index >= 15 is 0 Å². The first kappa shape index (κ1) is 13.6. The van der Waals surface area contributed by atoms with Gasteiger partial charge >= 0.3 is 0 Å². The van der Waals surface area contributed by atoms with Gasteiger partial charge in [0.15, 0.2) is 0 Å². The Morgan fingerprint density at radius 3 is 2.56 bits per heavy atom. The Kier molecular flexibility index (Phi) is 4.10. The van der Waals surface area contributed by atoms with E-state index in [4.69, 9.17) is 10.5 Å². The average molecular weight is 326 g/mol. The highest BCUT2D eigenvalue weighted by atomic mass is 79.9. The van der Waals surface area contributed by atoms with Gasteiger partial charge in [0.2, 0.25) is 0 Å². The molecule has 0 saturated carbocycles. The van der Waals surface area contributed by atoms with E-state index in [0.717, 1.165) is 20.0 Å². The maximum absolute atomic E-state index is 6.37. The van der Waals surface area contributed by atoms with Gasteiger partial charge in [-0.2, -0.15) is 0 Å². The molecule has 0 spiro atoms. The second-order valence-electron chi connectivity index (χ2n) is 4.32. The van der Waals surface area contributed by atoms with Crippen molar-refractivity contribution in [2.45, 2.75) is 19.9 Å². The smallest absolute Gasteiger partial charge is 0.124 e. The van der Waals surface area contributed by atoms with Crippen molar-refractivity contribution in [3.05, 3.63) is 49.6 Å². The number of halogens is 1. The summed E-state index contributed by atoms with van der Waals surface area (Å²) < 4.78 is 6.56. The van der Waals surface area contributed by atoms with Gasteiger partial charge in [-0.3, -0.25) is 0 Å². The van der Waals surface area contributed by atoms with Gasteiger partial charge in [0, 0.05) is 10.4 Å². The zero-order valence-electron chi connectivity index (χ0n) is 10.7. The summed E-state index contributed by atoms with van der Waals surface area (Å²) in [5.74, 6) is 0.865. The molecule has 96 valence electrons. The van der Waals surface area contributed by atoms with Crippen LogP contribution in [0.3, 0.4) is 0 Å². The van der Waals surface area contributed by atoms with Gasteiger partial charge in [-0.25, -0.2) is 0 Å². The Morgan fingerprint density at radius 2 is 2.00 bits per heavy atom. The lowest BCUT2D eigenvalue weighted by Crippen LogP contribution is -2.13. The van der Waals surface area contributed by atoms with Gasteiger partial charge in [-0.1, -0.05) is 6.07 Å². The van der Waals surface area contributed by atoms with Crippen molar-refractivity contribution in [2.24, 2.45) is 5.73 Å². The van der Waals surface area contributed by atoms with Crippen LogP contribution in [0.25, 0.3) is 0 Å². The van der Waals surface area contributed by atoms with E-state index in [0.29, 0.717) is 0 Å². The largest absolute Gasteiger partial charge is 0.496 e. The first-order chi connectivity index (χ1) is 8.52. The summed E-state index contributed by atoms with van der Waals surface area (Å²) in [6.45, 7) is 4.14. The van der Waals surface area contributed by atoms with Crippen molar-refractivity contribution in [3.63, 3.8) is 0 Å². The van der Waals surface area contributed by atoms with Crippen molar-refractivity contribution in [2.75, 3.05) is 7.11 Å². The van der Waals surface area contributed by atoms with E-state index < -0.39 is 0 Å². The van der Waals surface area contributed by atoms with Crippen molar-refractivity contribution >= 4 is 27.3 Å². The second-order valence-corrected chi connectivity index (χ2v) is 6.81. The van der Waals surface area contributed by atoms with Crippen LogP contribution in [0.2, 0.25) is 0 Å². The summed E-state index contributed by atoms with van der Waals surface area (Å²) in [5.41, 5.74) is 9.79. The Hall–Kier alpha value is -0.840. The number of nitrogens with two attached hydrogens (primary N) is 1. The second kappa shape index (κ2) is 5.43. The molecular formula is C14H16BrNOS. The van der Waals surface area contributed by atoms with Gasteiger partial charge in [0.1, 0.15) is 5.75 Å². The SMILES string of the molecule is COc1cc(C)cc(C)c1C(N)c1ccc(Br)s1. The van der Waals surface area contributed by atoms with Crippen LogP contribution in [0, 0.1) is 13.8 Å². The van der Waals surface area contributed by atoms with Crippen molar-refractivity contribution in [3.8, 4) is 5.75 Å². The number of methoxy groups -OCH3 is 1. The lowest BCUT2D eigenvalue weighted by Gasteiger charge is -2.18. The minimum Gasteiger partial charge on any atom is -0.496 e. The molecule has 0 amide bonds. The van der Waals surface area contributed by atoms with E-state index in [-0.39, 0.29) is 6.04 Å². The van der Waals surface area contributed by atoms with Crippen molar-refractivity contribution in [1.29, 1.82) is 0 Å². The van der Waals surface area contributed by atoms with E-state index in [1.807, 2.05) is 12.1 Å². The summed E-state index contributed by atoms with van der Waals surface area (Å²) in [6, 6.07) is 8.11. The zero-order chi connectivity index (χ0) is 13.3. The van der Waals surface area contributed by atoms with Gasteiger partial charge in [-0.05, 0) is 59.1 Å². The quantitative estimate of drug-likeness (QED) is 0.918. The molecule has 1 aromatic carbocycles. The fourth-order valence-electron chi connectivity index (χ4n) is 2.14. The van der Waals surface area contributed by atoms with Crippen LogP contribution in [0.1, 0.15) is 27.6 Å². The van der Waals surface area contributed by atoms with Crippen molar-refractivity contribution < 1.29 is 4.74 Å². The Bertz CT molecular complexity index is 565. The summed E-state index contributed by atoms with van der Waals surface area (Å²) in [6.07, 6.45) is 0. The standard InChI is InChI=1S/C14H16BrNOS/c1-8-6-9(2)13(10(7-8)17-3)14(16)11-4-5-12(15)18-11/h4-7,14H,16H2,1-3H3. The number of hydrogen-bond donors (Lipinski definition) is 1. The number of benzene rings is 1. The molecule has 2 rings (SSSR count). The van der Waals surface area contributed by atoms with Gasteiger partial charge < -0.3 is 10.5 Å². The lowest BCUT2D eigenvalue weighted by molar-refractivity contribution is 0.407. The third-order valence-electron chi connectivity index (χ3n) is 2.92. The predicted octanol–water partition coefficient (Wildman–Crippen LogP) is 4.18. The first-order valence-corrected chi connectivity index (χ1v) is 7.30. The van der Waals surface area contributed by atoms with Crippen LogP contribution in [0.5, 0.6) is 5.75 Å². The summed E-state index contributed by atoms with van der Waals surface area (Å²) in [4.78, 5) is 1.13. The molecule has 0 fully saturated rings. The Balaban J connectivity index is 2.50. The average Bonchev–Trinajstić information content (AvgIpc) is 2.74. The molecule has 4 heteroatoms. The highest BCUT2D eigenvalue weighted by molar-refractivity contribution is 9.11. The molecule has 1 unspecified atom stereocenters. The van der Waals surface area contributed by atoms with Crippen LogP contribution in [-0.4, -0.2) is 7.11 Å². The van der Waals surface area contributed by atoms with Crippen LogP contribution in [-0.2, 0) is 0 Å². The van der Waals surface area contributed by atoms with Crippen LogP contribution >= 0.6 is 27.3 Å². The summed E-state index contributed by atoms with van der Waals surface area (Å²) in [7, 11) is 1.69. The highest BCUT2D eigenvalue weighted by Crippen LogP contribution is 2.36. The third-order valence-corrected chi connectivity index (χ3v) is 4.63. The van der Waals surface area contributed by atoms with E-state index in [1.165, 1.54) is 11.1 Å². The molecule has 1 atom stereocenters. The number of aryl methyl sites for hydroxylation is 2. The molecular weight excluding hydrogens is 310 g/mol. The molecule has 2 nitrogen and oxygen atoms in total. The fourth-order valence-corrected chi connectivity index (χ4v) is 3.58. The molecule has 0 radical (unpaired) electrons. The molecule has 1 heterocycles. The summed E-state index contributed by atoms with van der Waals surface area (Å²) in [5, 5.41) is 0. The molecule has 0 saturated heterocycles. The first-order valence-electron chi connectivity index (χ1n) is 5.69. The fraction of sp³-hybridized carbons (Fsp3) is 0.286. The minimum absolute atomic E-state index is 0.142. The molecule has 0 aliphatic heterocycles. The van der Waals surface area contributed by atoms with Gasteiger partial charge in [0.05, 0.1) is 16.9 Å². The topological polar surface area (TPSA) is 35.2 Å². The molecule has 2 N–H and O–H groups in total. The van der Waals surface area contributed by atoms with Crippen LogP contribution in [0.15, 0.2) is 28.1 Å². The summed E-state index contributed by atoms with van der Waals surface area (Å²) >= 11 is 5.13. The lowest BCUT2D eigenvalue weighted by atomic mass is 9.97. The molecule has 0 bridgehead atoms. The molecule has 1 aromatic heterocycles. The normalized spacial score (nSPS) is 12.5. The molecule has 0 aliphatic rings.